The van der Waals surface area contributed by atoms with Crippen molar-refractivity contribution in [2.75, 3.05) is 20.6 Å². The first kappa shape index (κ1) is 13.5. The molecule has 2 atom stereocenters. The van der Waals surface area contributed by atoms with Gasteiger partial charge in [0.15, 0.2) is 0 Å². The van der Waals surface area contributed by atoms with Crippen molar-refractivity contribution in [3.05, 3.63) is 23.8 Å². The minimum atomic E-state index is 0.217. The summed E-state index contributed by atoms with van der Waals surface area (Å²) in [4.78, 5) is 2.47. The van der Waals surface area contributed by atoms with E-state index in [1.165, 1.54) is 30.5 Å². The molecule has 1 saturated heterocycles. The summed E-state index contributed by atoms with van der Waals surface area (Å²) >= 11 is 0. The number of hydrogen-bond donors (Lipinski definition) is 1. The van der Waals surface area contributed by atoms with Gasteiger partial charge in [0.2, 0.25) is 0 Å². The molecule has 0 spiro atoms. The van der Waals surface area contributed by atoms with E-state index in [2.05, 4.69) is 44.6 Å². The quantitative estimate of drug-likeness (QED) is 0.736. The van der Waals surface area contributed by atoms with Gasteiger partial charge in [0.25, 0.3) is 0 Å². The largest absolute Gasteiger partial charge is 0.313 e. The van der Waals surface area contributed by atoms with Crippen LogP contribution in [-0.4, -0.2) is 37.1 Å². The summed E-state index contributed by atoms with van der Waals surface area (Å²) in [6.07, 6.45) is 4.56. The highest BCUT2D eigenvalue weighted by Gasteiger charge is 2.36. The summed E-state index contributed by atoms with van der Waals surface area (Å²) in [5, 5.41) is 3.30. The number of nitrogens with zero attached hydrogens (tertiary/aromatic N) is 1. The van der Waals surface area contributed by atoms with Crippen LogP contribution in [0.1, 0.15) is 33.6 Å². The normalized spacial score (nSPS) is 30.1. The standard InChI is InChI=1S/C14H26N2/c1-7-13(12(3)15-5)11(2)14(4)9-8-10-16(14)6/h7,12,15H,1,8-10H2,2-6H3/b13-11+. The van der Waals surface area contributed by atoms with Gasteiger partial charge < -0.3 is 5.32 Å². The van der Waals surface area contributed by atoms with Gasteiger partial charge in [-0.25, -0.2) is 0 Å². The molecule has 1 aliphatic heterocycles. The molecule has 0 saturated carbocycles. The van der Waals surface area contributed by atoms with E-state index in [0.717, 1.165) is 0 Å². The monoisotopic (exact) mass is 222 g/mol. The van der Waals surface area contributed by atoms with E-state index in [0.29, 0.717) is 6.04 Å². The fraction of sp³-hybridized carbons (Fsp3) is 0.714. The van der Waals surface area contributed by atoms with Crippen molar-refractivity contribution in [1.29, 1.82) is 0 Å². The van der Waals surface area contributed by atoms with Crippen LogP contribution in [0, 0.1) is 0 Å². The molecule has 2 unspecified atom stereocenters. The molecule has 1 N–H and O–H groups in total. The minimum absolute atomic E-state index is 0.217. The van der Waals surface area contributed by atoms with Crippen molar-refractivity contribution in [3.63, 3.8) is 0 Å². The first-order valence-electron chi connectivity index (χ1n) is 6.19. The zero-order valence-corrected chi connectivity index (χ0v) is 11.4. The minimum Gasteiger partial charge on any atom is -0.313 e. The van der Waals surface area contributed by atoms with Crippen molar-refractivity contribution >= 4 is 0 Å². The Morgan fingerprint density at radius 1 is 1.56 bits per heavy atom. The molecule has 0 aromatic carbocycles. The van der Waals surface area contributed by atoms with Gasteiger partial charge in [-0.15, -0.1) is 0 Å². The lowest BCUT2D eigenvalue weighted by Gasteiger charge is -2.36. The lowest BCUT2D eigenvalue weighted by Crippen LogP contribution is -2.41. The van der Waals surface area contributed by atoms with Crippen LogP contribution in [0.3, 0.4) is 0 Å². The zero-order valence-electron chi connectivity index (χ0n) is 11.4. The van der Waals surface area contributed by atoms with E-state index < -0.39 is 0 Å². The average Bonchev–Trinajstić information content (AvgIpc) is 2.61. The van der Waals surface area contributed by atoms with Gasteiger partial charge in [-0.05, 0) is 65.4 Å². The Morgan fingerprint density at radius 2 is 2.19 bits per heavy atom. The van der Waals surface area contributed by atoms with E-state index in [1.807, 2.05) is 13.1 Å². The molecular weight excluding hydrogens is 196 g/mol. The summed E-state index contributed by atoms with van der Waals surface area (Å²) < 4.78 is 0. The second kappa shape index (κ2) is 5.15. The maximum absolute atomic E-state index is 3.96. The van der Waals surface area contributed by atoms with Crippen LogP contribution in [-0.2, 0) is 0 Å². The molecule has 0 amide bonds. The smallest absolute Gasteiger partial charge is 0.0393 e. The van der Waals surface area contributed by atoms with Crippen LogP contribution in [0.2, 0.25) is 0 Å². The lowest BCUT2D eigenvalue weighted by molar-refractivity contribution is 0.235. The van der Waals surface area contributed by atoms with Crippen molar-refractivity contribution in [3.8, 4) is 0 Å². The van der Waals surface area contributed by atoms with Crippen LogP contribution >= 0.6 is 0 Å². The zero-order chi connectivity index (χ0) is 12.3. The van der Waals surface area contributed by atoms with Gasteiger partial charge in [-0.2, -0.15) is 0 Å². The molecule has 1 aliphatic rings. The molecule has 2 nitrogen and oxygen atoms in total. The Kier molecular flexibility index (Phi) is 4.34. The molecule has 1 heterocycles. The molecule has 16 heavy (non-hydrogen) atoms. The van der Waals surface area contributed by atoms with E-state index in [4.69, 9.17) is 0 Å². The number of nitrogens with one attached hydrogen (secondary N) is 1. The van der Waals surface area contributed by atoms with E-state index in [-0.39, 0.29) is 5.54 Å². The first-order chi connectivity index (χ1) is 7.47. The van der Waals surface area contributed by atoms with E-state index in [1.54, 1.807) is 0 Å². The Morgan fingerprint density at radius 3 is 2.56 bits per heavy atom. The van der Waals surface area contributed by atoms with Crippen LogP contribution in [0.4, 0.5) is 0 Å². The highest BCUT2D eigenvalue weighted by Crippen LogP contribution is 2.36. The highest BCUT2D eigenvalue weighted by molar-refractivity contribution is 5.35. The van der Waals surface area contributed by atoms with Gasteiger partial charge in [0, 0.05) is 11.6 Å². The molecule has 0 radical (unpaired) electrons. The van der Waals surface area contributed by atoms with Crippen molar-refractivity contribution in [2.45, 2.75) is 45.2 Å². The fourth-order valence-corrected chi connectivity index (χ4v) is 2.69. The van der Waals surface area contributed by atoms with Crippen LogP contribution < -0.4 is 5.32 Å². The van der Waals surface area contributed by atoms with Gasteiger partial charge >= 0.3 is 0 Å². The summed E-state index contributed by atoms with van der Waals surface area (Å²) in [6.45, 7) is 12.0. The summed E-state index contributed by atoms with van der Waals surface area (Å²) in [5.74, 6) is 0. The molecule has 92 valence electrons. The predicted molar refractivity (Wildman–Crippen MR) is 71.7 cm³/mol. The van der Waals surface area contributed by atoms with Gasteiger partial charge in [0.05, 0.1) is 0 Å². The molecule has 0 aliphatic carbocycles. The molecule has 1 rings (SSSR count). The SMILES string of the molecule is C=C/C(=C(/C)C1(C)CCCN1C)C(C)NC. The van der Waals surface area contributed by atoms with Crippen molar-refractivity contribution in [1.82, 2.24) is 10.2 Å². The number of likely N-dealkylation sites (N-methyl/N-ethyl adjacent to an activating group) is 2. The Hall–Kier alpha value is -0.600. The second-order valence-electron chi connectivity index (χ2n) is 5.09. The summed E-state index contributed by atoms with van der Waals surface area (Å²) in [7, 11) is 4.23. The molecule has 2 heteroatoms. The maximum atomic E-state index is 3.96. The molecule has 0 aromatic heterocycles. The predicted octanol–water partition coefficient (Wildman–Crippen LogP) is 2.58. The fourth-order valence-electron chi connectivity index (χ4n) is 2.69. The summed E-state index contributed by atoms with van der Waals surface area (Å²) in [6, 6.07) is 0.378. The summed E-state index contributed by atoms with van der Waals surface area (Å²) in [5.41, 5.74) is 3.03. The van der Waals surface area contributed by atoms with E-state index in [9.17, 15) is 0 Å². The molecule has 0 aromatic rings. The van der Waals surface area contributed by atoms with Crippen molar-refractivity contribution in [2.24, 2.45) is 0 Å². The van der Waals surface area contributed by atoms with Crippen LogP contribution in [0.25, 0.3) is 0 Å². The average molecular weight is 222 g/mol. The number of hydrogen-bond acceptors (Lipinski definition) is 2. The van der Waals surface area contributed by atoms with Crippen LogP contribution in [0.15, 0.2) is 23.8 Å². The maximum Gasteiger partial charge on any atom is 0.0393 e. The van der Waals surface area contributed by atoms with Gasteiger partial charge in [0.1, 0.15) is 0 Å². The molecule has 0 bridgehead atoms. The van der Waals surface area contributed by atoms with Gasteiger partial charge in [-0.3, -0.25) is 4.90 Å². The Labute approximate surface area is 100 Å². The third kappa shape index (κ3) is 2.23. The topological polar surface area (TPSA) is 15.3 Å². The first-order valence-corrected chi connectivity index (χ1v) is 6.19. The van der Waals surface area contributed by atoms with Crippen LogP contribution in [0.5, 0.6) is 0 Å². The third-order valence-electron chi connectivity index (χ3n) is 4.36. The molecular formula is C14H26N2. The van der Waals surface area contributed by atoms with Gasteiger partial charge in [-0.1, -0.05) is 12.7 Å². The second-order valence-corrected chi connectivity index (χ2v) is 5.09. The number of likely N-dealkylation sites (tertiary alicyclic amines) is 1. The van der Waals surface area contributed by atoms with Crippen molar-refractivity contribution < 1.29 is 0 Å². The Bertz CT molecular complexity index is 293. The third-order valence-corrected chi connectivity index (χ3v) is 4.36. The Balaban J connectivity index is 3.08. The molecule has 1 fully saturated rings. The lowest BCUT2D eigenvalue weighted by atomic mass is 9.85. The highest BCUT2D eigenvalue weighted by atomic mass is 15.2. The number of rotatable bonds is 4. The van der Waals surface area contributed by atoms with E-state index >= 15 is 0 Å².